The van der Waals surface area contributed by atoms with Crippen molar-refractivity contribution in [1.29, 1.82) is 0 Å². The number of halogens is 1. The number of H-pyrrole nitrogens is 1. The second-order valence-corrected chi connectivity index (χ2v) is 8.66. The molecule has 1 aliphatic rings. The molecule has 0 unspecified atom stereocenters. The van der Waals surface area contributed by atoms with Gasteiger partial charge in [0.15, 0.2) is 0 Å². The van der Waals surface area contributed by atoms with Crippen molar-refractivity contribution in [3.05, 3.63) is 75.5 Å². The number of hydrogen-bond acceptors (Lipinski definition) is 4. The van der Waals surface area contributed by atoms with Gasteiger partial charge in [0.1, 0.15) is 5.82 Å². The first-order chi connectivity index (χ1) is 14.9. The molecule has 1 saturated heterocycles. The molecule has 0 spiro atoms. The molecular formula is C24H27FN4O2. The normalized spacial score (nSPS) is 14.3. The number of carbonyl (C=O) groups excluding carboxylic acids is 1. The maximum atomic E-state index is 14.5. The molecule has 1 aliphatic heterocycles. The first-order valence-corrected chi connectivity index (χ1v) is 10.7. The fourth-order valence-electron chi connectivity index (χ4n) is 3.96. The van der Waals surface area contributed by atoms with E-state index in [0.717, 1.165) is 24.0 Å². The van der Waals surface area contributed by atoms with Crippen LogP contribution in [0.5, 0.6) is 0 Å². The van der Waals surface area contributed by atoms with Gasteiger partial charge in [-0.05, 0) is 36.2 Å². The molecular weight excluding hydrogens is 395 g/mol. The van der Waals surface area contributed by atoms with Gasteiger partial charge in [-0.25, -0.2) is 9.49 Å². The summed E-state index contributed by atoms with van der Waals surface area (Å²) in [5.74, 6) is 0.197. The molecule has 162 valence electrons. The van der Waals surface area contributed by atoms with E-state index in [4.69, 9.17) is 0 Å². The number of nitrogens with one attached hydrogen (secondary N) is 2. The van der Waals surface area contributed by atoms with E-state index in [0.29, 0.717) is 42.4 Å². The molecule has 31 heavy (non-hydrogen) atoms. The lowest BCUT2D eigenvalue weighted by Crippen LogP contribution is -2.53. The van der Waals surface area contributed by atoms with Crippen LogP contribution < -0.4 is 10.9 Å². The third-order valence-electron chi connectivity index (χ3n) is 5.64. The van der Waals surface area contributed by atoms with E-state index in [2.05, 4.69) is 29.4 Å². The van der Waals surface area contributed by atoms with E-state index in [1.54, 1.807) is 29.2 Å². The average molecular weight is 423 g/mol. The smallest absolute Gasteiger partial charge is 0.272 e. The van der Waals surface area contributed by atoms with E-state index in [-0.39, 0.29) is 17.0 Å². The lowest BCUT2D eigenvalue weighted by Gasteiger charge is -2.39. The molecule has 0 atom stereocenters. The molecule has 2 aromatic carbocycles. The molecule has 6 nitrogen and oxygen atoms in total. The molecule has 1 amide bonds. The summed E-state index contributed by atoms with van der Waals surface area (Å²) < 4.78 is 14.5. The number of likely N-dealkylation sites (tertiary alicyclic amines) is 1. The summed E-state index contributed by atoms with van der Waals surface area (Å²) in [5, 5.41) is 11.4. The number of hydrogen-bond donors (Lipinski definition) is 2. The van der Waals surface area contributed by atoms with Crippen LogP contribution in [0.15, 0.2) is 47.3 Å². The maximum absolute atomic E-state index is 14.5. The fraction of sp³-hybridized carbons (Fsp3) is 0.375. The molecule has 7 heteroatoms. The summed E-state index contributed by atoms with van der Waals surface area (Å²) in [7, 11) is 0. The Kier molecular flexibility index (Phi) is 6.13. The van der Waals surface area contributed by atoms with E-state index in [1.807, 2.05) is 12.1 Å². The van der Waals surface area contributed by atoms with Crippen molar-refractivity contribution in [3.8, 4) is 0 Å². The highest BCUT2D eigenvalue weighted by Gasteiger charge is 2.32. The zero-order chi connectivity index (χ0) is 22.0. The Morgan fingerprint density at radius 1 is 1.23 bits per heavy atom. The van der Waals surface area contributed by atoms with Crippen LogP contribution >= 0.6 is 0 Å². The lowest BCUT2D eigenvalue weighted by molar-refractivity contribution is 0.0495. The van der Waals surface area contributed by atoms with Gasteiger partial charge in [0, 0.05) is 37.4 Å². The van der Waals surface area contributed by atoms with E-state index in [1.165, 1.54) is 6.07 Å². The summed E-state index contributed by atoms with van der Waals surface area (Å²) >= 11 is 0. The van der Waals surface area contributed by atoms with Gasteiger partial charge in [-0.3, -0.25) is 9.59 Å². The quantitative estimate of drug-likeness (QED) is 0.614. The van der Waals surface area contributed by atoms with Crippen LogP contribution in [0.1, 0.15) is 35.5 Å². The van der Waals surface area contributed by atoms with Gasteiger partial charge in [-0.2, -0.15) is 5.10 Å². The predicted octanol–water partition coefficient (Wildman–Crippen LogP) is 2.97. The van der Waals surface area contributed by atoms with Crippen molar-refractivity contribution >= 4 is 16.7 Å². The number of amides is 1. The zero-order valence-corrected chi connectivity index (χ0v) is 17.8. The Hall–Kier alpha value is -3.06. The fourth-order valence-corrected chi connectivity index (χ4v) is 3.96. The van der Waals surface area contributed by atoms with Gasteiger partial charge in [0.05, 0.1) is 16.6 Å². The van der Waals surface area contributed by atoms with Crippen molar-refractivity contribution < 1.29 is 9.18 Å². The lowest BCUT2D eigenvalue weighted by atomic mass is 9.97. The molecule has 1 fully saturated rings. The zero-order valence-electron chi connectivity index (χ0n) is 17.8. The van der Waals surface area contributed by atoms with E-state index in [9.17, 15) is 14.0 Å². The van der Waals surface area contributed by atoms with Crippen molar-refractivity contribution in [3.63, 3.8) is 0 Å². The number of carbonyl (C=O) groups is 1. The highest BCUT2D eigenvalue weighted by atomic mass is 19.1. The summed E-state index contributed by atoms with van der Waals surface area (Å²) in [6.07, 6.45) is 0.388. The van der Waals surface area contributed by atoms with Gasteiger partial charge < -0.3 is 10.2 Å². The van der Waals surface area contributed by atoms with Crippen LogP contribution in [-0.4, -0.2) is 47.2 Å². The minimum atomic E-state index is -0.519. The van der Waals surface area contributed by atoms with Crippen LogP contribution in [-0.2, 0) is 6.42 Å². The van der Waals surface area contributed by atoms with Gasteiger partial charge in [-0.1, -0.05) is 38.1 Å². The average Bonchev–Trinajstić information content (AvgIpc) is 2.72. The highest BCUT2D eigenvalue weighted by Crippen LogP contribution is 2.22. The molecule has 3 aromatic rings. The molecule has 2 heterocycles. The largest absolute Gasteiger partial charge is 0.338 e. The topological polar surface area (TPSA) is 78.1 Å². The molecule has 0 bridgehead atoms. The van der Waals surface area contributed by atoms with Crippen LogP contribution in [0.2, 0.25) is 0 Å². The Morgan fingerprint density at radius 3 is 2.71 bits per heavy atom. The number of aromatic nitrogens is 2. The Balaban J connectivity index is 1.47. The van der Waals surface area contributed by atoms with Gasteiger partial charge in [0.25, 0.3) is 11.5 Å². The van der Waals surface area contributed by atoms with Crippen LogP contribution in [0, 0.1) is 17.7 Å². The van der Waals surface area contributed by atoms with Crippen molar-refractivity contribution in [2.45, 2.75) is 20.3 Å². The minimum absolute atomic E-state index is 0.0832. The molecule has 0 radical (unpaired) electrons. The minimum Gasteiger partial charge on any atom is -0.338 e. The third kappa shape index (κ3) is 4.66. The molecule has 1 aromatic heterocycles. The molecule has 2 N–H and O–H groups in total. The molecule has 4 rings (SSSR count). The van der Waals surface area contributed by atoms with Crippen LogP contribution in [0.3, 0.4) is 0 Å². The molecule has 0 saturated carbocycles. The monoisotopic (exact) mass is 422 g/mol. The predicted molar refractivity (Wildman–Crippen MR) is 119 cm³/mol. The summed E-state index contributed by atoms with van der Waals surface area (Å²) in [5.41, 5.74) is 1.29. The van der Waals surface area contributed by atoms with Crippen molar-refractivity contribution in [1.82, 2.24) is 20.4 Å². The molecule has 0 aliphatic carbocycles. The van der Waals surface area contributed by atoms with Gasteiger partial charge in [-0.15, -0.1) is 0 Å². The summed E-state index contributed by atoms with van der Waals surface area (Å²) in [6, 6.07) is 11.8. The van der Waals surface area contributed by atoms with Gasteiger partial charge >= 0.3 is 0 Å². The Labute approximate surface area is 180 Å². The summed E-state index contributed by atoms with van der Waals surface area (Å²) in [6.45, 7) is 7.42. The van der Waals surface area contributed by atoms with Crippen LogP contribution in [0.4, 0.5) is 4.39 Å². The summed E-state index contributed by atoms with van der Waals surface area (Å²) in [4.78, 5) is 26.5. The maximum Gasteiger partial charge on any atom is 0.272 e. The van der Waals surface area contributed by atoms with E-state index >= 15 is 0 Å². The second kappa shape index (κ2) is 8.98. The second-order valence-electron chi connectivity index (χ2n) is 8.66. The first-order valence-electron chi connectivity index (χ1n) is 10.7. The Morgan fingerprint density at radius 2 is 1.97 bits per heavy atom. The number of benzene rings is 2. The number of rotatable bonds is 7. The van der Waals surface area contributed by atoms with E-state index < -0.39 is 5.82 Å². The van der Waals surface area contributed by atoms with Crippen molar-refractivity contribution in [2.75, 3.05) is 26.2 Å². The standard InChI is InChI=1S/C24H27FN4O2/c1-15(2)11-26-12-17-13-29(14-17)24(31)20-9-16(7-8-21(20)25)10-22-18-5-3-4-6-19(18)23(30)28-27-22/h3-9,15,17,26H,10-14H2,1-2H3,(H,28,30). The number of aromatic amines is 1. The Bertz CT molecular complexity index is 1150. The number of fused-ring (bicyclic) bond motifs is 1. The number of nitrogens with zero attached hydrogens (tertiary/aromatic N) is 2. The van der Waals surface area contributed by atoms with Crippen molar-refractivity contribution in [2.24, 2.45) is 11.8 Å². The van der Waals surface area contributed by atoms with Crippen LogP contribution in [0.25, 0.3) is 10.8 Å². The highest BCUT2D eigenvalue weighted by molar-refractivity contribution is 5.95. The van der Waals surface area contributed by atoms with Gasteiger partial charge in [0.2, 0.25) is 0 Å². The SMILES string of the molecule is CC(C)CNCC1CN(C(=O)c2cc(Cc3n[nH]c(=O)c4ccccc34)ccc2F)C1. The third-order valence-corrected chi connectivity index (χ3v) is 5.64. The first kappa shape index (κ1) is 21.2.